The molecular formula is C14H12BrCl2NOS. The second-order valence-corrected chi connectivity index (χ2v) is 7.26. The summed E-state index contributed by atoms with van der Waals surface area (Å²) in [5, 5.41) is 3.81. The van der Waals surface area contributed by atoms with Crippen LogP contribution < -0.4 is 5.32 Å². The fourth-order valence-electron chi connectivity index (χ4n) is 1.77. The Morgan fingerprint density at radius 3 is 2.75 bits per heavy atom. The van der Waals surface area contributed by atoms with E-state index in [9.17, 15) is 4.79 Å². The first kappa shape index (κ1) is 15.8. The third-order valence-corrected chi connectivity index (χ3v) is 4.73. The van der Waals surface area contributed by atoms with Crippen LogP contribution in [0.4, 0.5) is 5.69 Å². The summed E-state index contributed by atoms with van der Waals surface area (Å²) in [5.74, 6) is -0.240. The van der Waals surface area contributed by atoms with Crippen LogP contribution in [0.1, 0.15) is 22.3 Å². The Morgan fingerprint density at radius 2 is 2.10 bits per heavy atom. The zero-order chi connectivity index (χ0) is 14.5. The molecule has 1 aromatic carbocycles. The standard InChI is InChI=1S/C14H12BrCl2NOS/c15-6-2-4-9-3-1-5-10(7-9)18-14(19)11-8-12(16)20-13(11)17/h1,3,5,7-8H,2,4,6H2,(H,18,19). The SMILES string of the molecule is O=C(Nc1cccc(CCCBr)c1)c1cc(Cl)sc1Cl. The van der Waals surface area contributed by atoms with Gasteiger partial charge in [0.15, 0.2) is 0 Å². The molecule has 20 heavy (non-hydrogen) atoms. The van der Waals surface area contributed by atoms with Crippen molar-refractivity contribution in [1.82, 2.24) is 0 Å². The van der Waals surface area contributed by atoms with E-state index >= 15 is 0 Å². The van der Waals surface area contributed by atoms with Gasteiger partial charge in [0.2, 0.25) is 0 Å². The van der Waals surface area contributed by atoms with Gasteiger partial charge in [-0.15, -0.1) is 11.3 Å². The molecule has 1 heterocycles. The molecule has 106 valence electrons. The molecule has 1 amide bonds. The zero-order valence-electron chi connectivity index (χ0n) is 10.5. The van der Waals surface area contributed by atoms with E-state index in [4.69, 9.17) is 23.2 Å². The van der Waals surface area contributed by atoms with E-state index < -0.39 is 0 Å². The number of nitrogens with one attached hydrogen (secondary N) is 1. The molecule has 0 spiro atoms. The summed E-state index contributed by atoms with van der Waals surface area (Å²) in [6, 6.07) is 9.40. The molecule has 0 atom stereocenters. The minimum absolute atomic E-state index is 0.240. The third kappa shape index (κ3) is 4.22. The van der Waals surface area contributed by atoms with Crippen molar-refractivity contribution in [1.29, 1.82) is 0 Å². The Kier molecular flexibility index (Phi) is 5.90. The molecular weight excluding hydrogens is 381 g/mol. The lowest BCUT2D eigenvalue weighted by Gasteiger charge is -2.06. The lowest BCUT2D eigenvalue weighted by Crippen LogP contribution is -2.11. The van der Waals surface area contributed by atoms with Gasteiger partial charge in [0.1, 0.15) is 4.34 Å². The average Bonchev–Trinajstić information content (AvgIpc) is 2.76. The van der Waals surface area contributed by atoms with E-state index in [1.807, 2.05) is 24.3 Å². The molecule has 0 saturated carbocycles. The Labute approximate surface area is 140 Å². The molecule has 2 nitrogen and oxygen atoms in total. The van der Waals surface area contributed by atoms with Crippen LogP contribution in [0.2, 0.25) is 8.67 Å². The molecule has 0 bridgehead atoms. The van der Waals surface area contributed by atoms with Gasteiger partial charge in [0.25, 0.3) is 5.91 Å². The van der Waals surface area contributed by atoms with Gasteiger partial charge in [0, 0.05) is 11.0 Å². The fourth-order valence-corrected chi connectivity index (χ4v) is 3.51. The van der Waals surface area contributed by atoms with Crippen molar-refractivity contribution in [3.05, 3.63) is 50.1 Å². The molecule has 0 unspecified atom stereocenters. The summed E-state index contributed by atoms with van der Waals surface area (Å²) in [4.78, 5) is 12.1. The number of benzene rings is 1. The number of anilines is 1. The van der Waals surface area contributed by atoms with Gasteiger partial charge in [-0.2, -0.15) is 0 Å². The molecule has 0 saturated heterocycles. The predicted molar refractivity (Wildman–Crippen MR) is 90.8 cm³/mol. The van der Waals surface area contributed by atoms with Crippen molar-refractivity contribution in [3.8, 4) is 0 Å². The highest BCUT2D eigenvalue weighted by atomic mass is 79.9. The monoisotopic (exact) mass is 391 g/mol. The molecule has 0 aliphatic rings. The number of amides is 1. The second-order valence-electron chi connectivity index (χ2n) is 4.18. The molecule has 0 aliphatic heterocycles. The van der Waals surface area contributed by atoms with Gasteiger partial charge < -0.3 is 5.32 Å². The maximum Gasteiger partial charge on any atom is 0.258 e. The molecule has 1 aromatic heterocycles. The number of alkyl halides is 1. The number of thiophene rings is 1. The first-order valence-corrected chi connectivity index (χ1v) is 8.70. The maximum atomic E-state index is 12.1. The van der Waals surface area contributed by atoms with Crippen LogP contribution in [0, 0.1) is 0 Å². The van der Waals surface area contributed by atoms with E-state index in [-0.39, 0.29) is 5.91 Å². The van der Waals surface area contributed by atoms with E-state index in [1.165, 1.54) is 16.9 Å². The molecule has 0 radical (unpaired) electrons. The van der Waals surface area contributed by atoms with Crippen molar-refractivity contribution in [3.63, 3.8) is 0 Å². The quantitative estimate of drug-likeness (QED) is 0.655. The Balaban J connectivity index is 2.09. The molecule has 2 rings (SSSR count). The first-order valence-electron chi connectivity index (χ1n) is 6.01. The normalized spacial score (nSPS) is 10.6. The lowest BCUT2D eigenvalue weighted by atomic mass is 10.1. The molecule has 1 N–H and O–H groups in total. The summed E-state index contributed by atoms with van der Waals surface area (Å²) in [7, 11) is 0. The Morgan fingerprint density at radius 1 is 1.30 bits per heavy atom. The third-order valence-electron chi connectivity index (χ3n) is 2.69. The Hall–Kier alpha value is -0.550. The van der Waals surface area contributed by atoms with Crippen LogP contribution in [0.25, 0.3) is 0 Å². The van der Waals surface area contributed by atoms with Crippen LogP contribution in [0.3, 0.4) is 0 Å². The van der Waals surface area contributed by atoms with E-state index in [0.29, 0.717) is 14.2 Å². The minimum atomic E-state index is -0.240. The number of halogens is 3. The Bertz CT molecular complexity index is 615. The zero-order valence-corrected chi connectivity index (χ0v) is 14.4. The molecule has 2 aromatic rings. The van der Waals surface area contributed by atoms with Crippen LogP contribution in [0.5, 0.6) is 0 Å². The minimum Gasteiger partial charge on any atom is -0.322 e. The highest BCUT2D eigenvalue weighted by Crippen LogP contribution is 2.31. The summed E-state index contributed by atoms with van der Waals surface area (Å²) in [6.07, 6.45) is 2.03. The van der Waals surface area contributed by atoms with Crippen molar-refractivity contribution in [2.45, 2.75) is 12.8 Å². The first-order chi connectivity index (χ1) is 9.60. The van der Waals surface area contributed by atoms with Crippen molar-refractivity contribution in [2.24, 2.45) is 0 Å². The van der Waals surface area contributed by atoms with Crippen molar-refractivity contribution in [2.75, 3.05) is 10.6 Å². The highest BCUT2D eigenvalue weighted by Gasteiger charge is 2.14. The molecule has 6 heteroatoms. The second kappa shape index (κ2) is 7.46. The maximum absolute atomic E-state index is 12.1. The van der Waals surface area contributed by atoms with E-state index in [0.717, 1.165) is 23.9 Å². The van der Waals surface area contributed by atoms with Crippen LogP contribution in [0.15, 0.2) is 30.3 Å². The highest BCUT2D eigenvalue weighted by molar-refractivity contribution is 9.09. The van der Waals surface area contributed by atoms with Crippen LogP contribution in [-0.2, 0) is 6.42 Å². The smallest absolute Gasteiger partial charge is 0.258 e. The summed E-state index contributed by atoms with van der Waals surface area (Å²) in [6.45, 7) is 0. The number of hydrogen-bond donors (Lipinski definition) is 1. The summed E-state index contributed by atoms with van der Waals surface area (Å²) in [5.41, 5.74) is 2.37. The van der Waals surface area contributed by atoms with Gasteiger partial charge in [-0.05, 0) is 36.6 Å². The van der Waals surface area contributed by atoms with Gasteiger partial charge in [-0.1, -0.05) is 51.3 Å². The lowest BCUT2D eigenvalue weighted by molar-refractivity contribution is 0.102. The number of rotatable bonds is 5. The molecule has 0 fully saturated rings. The summed E-state index contributed by atoms with van der Waals surface area (Å²) >= 11 is 16.4. The predicted octanol–water partition coefficient (Wildman–Crippen LogP) is 5.63. The van der Waals surface area contributed by atoms with Crippen molar-refractivity contribution < 1.29 is 4.79 Å². The van der Waals surface area contributed by atoms with Crippen molar-refractivity contribution >= 4 is 62.1 Å². The van der Waals surface area contributed by atoms with Gasteiger partial charge in [-0.3, -0.25) is 4.79 Å². The largest absolute Gasteiger partial charge is 0.322 e. The topological polar surface area (TPSA) is 29.1 Å². The van der Waals surface area contributed by atoms with E-state index in [1.54, 1.807) is 6.07 Å². The molecule has 0 aliphatic carbocycles. The number of carbonyl (C=O) groups excluding carboxylic acids is 1. The fraction of sp³-hybridized carbons (Fsp3) is 0.214. The van der Waals surface area contributed by atoms with Gasteiger partial charge >= 0.3 is 0 Å². The van der Waals surface area contributed by atoms with E-state index in [2.05, 4.69) is 21.2 Å². The van der Waals surface area contributed by atoms with Gasteiger partial charge in [-0.25, -0.2) is 0 Å². The van der Waals surface area contributed by atoms with Gasteiger partial charge in [0.05, 0.1) is 9.90 Å². The number of aryl methyl sites for hydroxylation is 1. The summed E-state index contributed by atoms with van der Waals surface area (Å²) < 4.78 is 0.911. The number of hydrogen-bond acceptors (Lipinski definition) is 2. The average molecular weight is 393 g/mol. The van der Waals surface area contributed by atoms with Crippen LogP contribution in [-0.4, -0.2) is 11.2 Å². The number of carbonyl (C=O) groups is 1. The van der Waals surface area contributed by atoms with Crippen LogP contribution >= 0.6 is 50.5 Å².